The average Bonchev–Trinajstić information content (AvgIpc) is 2.89. The maximum Gasteiger partial charge on any atom is 0.169 e. The highest BCUT2D eigenvalue weighted by atomic mass is 32.2. The molecule has 2 heterocycles. The molecule has 1 aromatic rings. The molecule has 3 rings (SSSR count). The molecule has 90 valence electrons. The average molecular weight is 257 g/mol. The molecule has 1 atom stereocenters. The van der Waals surface area contributed by atoms with Gasteiger partial charge in [-0.2, -0.15) is 0 Å². The van der Waals surface area contributed by atoms with E-state index >= 15 is 0 Å². The van der Waals surface area contributed by atoms with Gasteiger partial charge >= 0.3 is 0 Å². The largest absolute Gasteiger partial charge is 0.341 e. The Kier molecular flexibility index (Phi) is 2.93. The van der Waals surface area contributed by atoms with Crippen LogP contribution in [0.15, 0.2) is 49.1 Å². The van der Waals surface area contributed by atoms with Gasteiger partial charge in [-0.05, 0) is 30.5 Å². The Balaban J connectivity index is 1.79. The Labute approximate surface area is 109 Å². The molecule has 2 aliphatic heterocycles. The number of thioether (sulfide) groups is 1. The molecule has 1 unspecified atom stereocenters. The lowest BCUT2D eigenvalue weighted by molar-refractivity contribution is 1.13. The molecule has 0 radical (unpaired) electrons. The Morgan fingerprint density at radius 2 is 1.94 bits per heavy atom. The summed E-state index contributed by atoms with van der Waals surface area (Å²) in [6.45, 7) is 0. The fourth-order valence-electron chi connectivity index (χ4n) is 1.74. The predicted octanol–water partition coefficient (Wildman–Crippen LogP) is 2.07. The van der Waals surface area contributed by atoms with Gasteiger partial charge in [-0.25, -0.2) is 15.0 Å². The monoisotopic (exact) mass is 257 g/mol. The number of nitrogens with zero attached hydrogens (tertiary/aromatic N) is 4. The normalized spacial score (nSPS) is 20.4. The third-order valence-electron chi connectivity index (χ3n) is 2.66. The molecule has 0 amide bonds. The number of fused-ring (bicyclic) bond motifs is 1. The topological polar surface area (TPSA) is 61.5 Å². The zero-order valence-electron chi connectivity index (χ0n) is 9.74. The van der Waals surface area contributed by atoms with Crippen molar-refractivity contribution < 1.29 is 0 Å². The van der Waals surface area contributed by atoms with E-state index in [1.807, 2.05) is 12.1 Å². The van der Waals surface area contributed by atoms with Crippen LogP contribution in [0.5, 0.6) is 0 Å². The van der Waals surface area contributed by atoms with Crippen molar-refractivity contribution in [1.29, 1.82) is 0 Å². The standard InChI is InChI=1S/C12H11N5S/c1-18-9-4-2-8(3-5-9)17-12-10-11(14-6-13-10)15-7-16-12/h2-7,10H,1H3,(H,13,14,15,16,17). The molecule has 0 saturated heterocycles. The van der Waals surface area contributed by atoms with Gasteiger partial charge in [-0.15, -0.1) is 11.8 Å². The second-order valence-corrected chi connectivity index (χ2v) is 4.65. The Hall–Kier alpha value is -1.95. The number of anilines is 1. The number of hydrogen-bond donors (Lipinski definition) is 1. The first-order valence-electron chi connectivity index (χ1n) is 5.47. The van der Waals surface area contributed by atoms with Crippen molar-refractivity contribution in [2.45, 2.75) is 10.9 Å². The van der Waals surface area contributed by atoms with Crippen LogP contribution in [-0.4, -0.2) is 36.6 Å². The van der Waals surface area contributed by atoms with E-state index in [-0.39, 0.29) is 6.04 Å². The van der Waals surface area contributed by atoms with Crippen LogP contribution in [0.1, 0.15) is 0 Å². The molecule has 0 spiro atoms. The minimum absolute atomic E-state index is 0.185. The lowest BCUT2D eigenvalue weighted by Gasteiger charge is -2.16. The van der Waals surface area contributed by atoms with Crippen molar-refractivity contribution >= 4 is 41.8 Å². The lowest BCUT2D eigenvalue weighted by atomic mass is 10.2. The van der Waals surface area contributed by atoms with Gasteiger partial charge in [-0.3, -0.25) is 4.99 Å². The Morgan fingerprint density at radius 3 is 2.72 bits per heavy atom. The molecule has 0 fully saturated rings. The molecule has 1 N–H and O–H groups in total. The van der Waals surface area contributed by atoms with Gasteiger partial charge in [-0.1, -0.05) is 0 Å². The summed E-state index contributed by atoms with van der Waals surface area (Å²) in [6, 6.07) is 8.00. The summed E-state index contributed by atoms with van der Waals surface area (Å²) in [5, 5.41) is 3.26. The van der Waals surface area contributed by atoms with Crippen LogP contribution in [0, 0.1) is 0 Å². The molecule has 2 aliphatic rings. The smallest absolute Gasteiger partial charge is 0.169 e. The lowest BCUT2D eigenvalue weighted by Crippen LogP contribution is -2.33. The van der Waals surface area contributed by atoms with Gasteiger partial charge in [0.05, 0.1) is 0 Å². The first kappa shape index (κ1) is 11.2. The molecule has 5 nitrogen and oxygen atoms in total. The quantitative estimate of drug-likeness (QED) is 0.824. The van der Waals surface area contributed by atoms with Crippen molar-refractivity contribution in [3.63, 3.8) is 0 Å². The highest BCUT2D eigenvalue weighted by Crippen LogP contribution is 2.19. The SMILES string of the molecule is CSc1ccc(NC2=NC=NC3=NC=NC32)cc1. The maximum atomic E-state index is 4.23. The Bertz CT molecular complexity index is 571. The van der Waals surface area contributed by atoms with Crippen molar-refractivity contribution in [2.24, 2.45) is 20.0 Å². The fourth-order valence-corrected chi connectivity index (χ4v) is 2.15. The van der Waals surface area contributed by atoms with Crippen LogP contribution in [-0.2, 0) is 0 Å². The second kappa shape index (κ2) is 4.73. The molecule has 0 aromatic heterocycles. The highest BCUT2D eigenvalue weighted by molar-refractivity contribution is 7.98. The summed E-state index contributed by atoms with van der Waals surface area (Å²) >= 11 is 1.72. The third kappa shape index (κ3) is 2.06. The van der Waals surface area contributed by atoms with Crippen molar-refractivity contribution in [1.82, 2.24) is 0 Å². The van der Waals surface area contributed by atoms with Crippen molar-refractivity contribution in [2.75, 3.05) is 11.6 Å². The molecular weight excluding hydrogens is 246 g/mol. The van der Waals surface area contributed by atoms with Crippen LogP contribution in [0.4, 0.5) is 5.69 Å². The van der Waals surface area contributed by atoms with Crippen LogP contribution in [0.25, 0.3) is 0 Å². The summed E-state index contributed by atoms with van der Waals surface area (Å²) in [6.07, 6.45) is 5.08. The van der Waals surface area contributed by atoms with E-state index in [2.05, 4.69) is 43.7 Å². The van der Waals surface area contributed by atoms with Gasteiger partial charge in [0.25, 0.3) is 0 Å². The molecular formula is C12H11N5S. The van der Waals surface area contributed by atoms with Gasteiger partial charge in [0.1, 0.15) is 18.5 Å². The highest BCUT2D eigenvalue weighted by Gasteiger charge is 2.26. The van der Waals surface area contributed by atoms with Gasteiger partial charge in [0.2, 0.25) is 0 Å². The van der Waals surface area contributed by atoms with Crippen LogP contribution in [0.3, 0.4) is 0 Å². The number of nitrogens with one attached hydrogen (secondary N) is 1. The van der Waals surface area contributed by atoms with E-state index in [4.69, 9.17) is 0 Å². The molecule has 6 heteroatoms. The number of amidine groups is 2. The first-order valence-corrected chi connectivity index (χ1v) is 6.70. The van der Waals surface area contributed by atoms with Crippen molar-refractivity contribution in [3.8, 4) is 0 Å². The van der Waals surface area contributed by atoms with E-state index in [0.717, 1.165) is 11.5 Å². The number of benzene rings is 1. The Morgan fingerprint density at radius 1 is 1.11 bits per heavy atom. The zero-order chi connectivity index (χ0) is 12.4. The molecule has 18 heavy (non-hydrogen) atoms. The number of aliphatic imine (C=N–C) groups is 4. The predicted molar refractivity (Wildman–Crippen MR) is 77.5 cm³/mol. The number of rotatable bonds is 2. The van der Waals surface area contributed by atoms with Crippen molar-refractivity contribution in [3.05, 3.63) is 24.3 Å². The molecule has 0 aliphatic carbocycles. The van der Waals surface area contributed by atoms with E-state index in [1.165, 1.54) is 17.6 Å². The van der Waals surface area contributed by atoms with Gasteiger partial charge in [0.15, 0.2) is 11.9 Å². The summed E-state index contributed by atoms with van der Waals surface area (Å²) in [4.78, 5) is 17.8. The maximum absolute atomic E-state index is 4.23. The second-order valence-electron chi connectivity index (χ2n) is 3.77. The third-order valence-corrected chi connectivity index (χ3v) is 3.40. The minimum Gasteiger partial charge on any atom is -0.341 e. The van der Waals surface area contributed by atoms with E-state index in [9.17, 15) is 0 Å². The van der Waals surface area contributed by atoms with Crippen LogP contribution in [0.2, 0.25) is 0 Å². The summed E-state index contributed by atoms with van der Waals surface area (Å²) in [5.74, 6) is 1.45. The molecule has 0 saturated carbocycles. The summed E-state index contributed by atoms with van der Waals surface area (Å²) < 4.78 is 0. The summed E-state index contributed by atoms with van der Waals surface area (Å²) in [5.41, 5.74) is 0.989. The van der Waals surface area contributed by atoms with Gasteiger partial charge in [0, 0.05) is 10.6 Å². The van der Waals surface area contributed by atoms with E-state index in [0.29, 0.717) is 5.84 Å². The zero-order valence-corrected chi connectivity index (χ0v) is 10.6. The van der Waals surface area contributed by atoms with Gasteiger partial charge < -0.3 is 5.32 Å². The summed E-state index contributed by atoms with van der Waals surface area (Å²) in [7, 11) is 0. The number of hydrogen-bond acceptors (Lipinski definition) is 6. The van der Waals surface area contributed by atoms with E-state index in [1.54, 1.807) is 11.8 Å². The fraction of sp³-hybridized carbons (Fsp3) is 0.167. The van der Waals surface area contributed by atoms with Crippen LogP contribution < -0.4 is 5.32 Å². The molecule has 0 bridgehead atoms. The van der Waals surface area contributed by atoms with E-state index < -0.39 is 0 Å². The first-order chi connectivity index (χ1) is 8.86. The van der Waals surface area contributed by atoms with Crippen LogP contribution >= 0.6 is 11.8 Å². The minimum atomic E-state index is -0.185. The molecule has 1 aromatic carbocycles.